The Kier molecular flexibility index (Phi) is 5.33. The lowest BCUT2D eigenvalue weighted by Gasteiger charge is -2.29. The Hall–Kier alpha value is -3.16. The van der Waals surface area contributed by atoms with Gasteiger partial charge in [0.05, 0.1) is 11.6 Å². The average molecular weight is 394 g/mol. The fraction of sp³-hybridized carbons (Fsp3) is 0.429. The first-order valence-electron chi connectivity index (χ1n) is 9.90. The maximum Gasteiger partial charge on any atom is 0.291 e. The number of aromatic nitrogens is 4. The van der Waals surface area contributed by atoms with Gasteiger partial charge in [0.2, 0.25) is 11.8 Å². The summed E-state index contributed by atoms with van der Waals surface area (Å²) in [5.41, 5.74) is 0.965. The van der Waals surface area contributed by atoms with Crippen molar-refractivity contribution in [3.63, 3.8) is 0 Å². The predicted molar refractivity (Wildman–Crippen MR) is 111 cm³/mol. The number of benzene rings is 1. The highest BCUT2D eigenvalue weighted by Gasteiger charge is 2.25. The van der Waals surface area contributed by atoms with Crippen molar-refractivity contribution in [1.82, 2.24) is 25.1 Å². The largest absolute Gasteiger partial charge is 0.490 e. The molecule has 4 rings (SSSR count). The molecule has 152 valence electrons. The van der Waals surface area contributed by atoms with E-state index in [1.165, 1.54) is 0 Å². The minimum atomic E-state index is -0.222. The second-order valence-electron chi connectivity index (χ2n) is 7.68. The molecule has 1 aromatic carbocycles. The van der Waals surface area contributed by atoms with Gasteiger partial charge in [-0.1, -0.05) is 6.07 Å². The van der Waals surface area contributed by atoms with Crippen LogP contribution in [0.4, 0.5) is 5.95 Å². The van der Waals surface area contributed by atoms with E-state index in [0.717, 1.165) is 42.3 Å². The molecule has 2 heterocycles. The standard InChI is InChI=1S/C21H26N6O2/c1-26(2)21-24-19(25-27(21)3)20(28)23-15-6-8-16(9-7-15)29-17-10-11-18-14(13-17)5-4-12-22-18/h4-5,10-13,15-16H,6-9H2,1-3H3,(H,23,28). The van der Waals surface area contributed by atoms with Crippen LogP contribution in [0.3, 0.4) is 0 Å². The predicted octanol–water partition coefficient (Wildman–Crippen LogP) is 2.55. The van der Waals surface area contributed by atoms with Crippen molar-refractivity contribution in [2.24, 2.45) is 7.05 Å². The van der Waals surface area contributed by atoms with E-state index in [1.807, 2.05) is 49.3 Å². The lowest BCUT2D eigenvalue weighted by molar-refractivity contribution is 0.0883. The van der Waals surface area contributed by atoms with E-state index in [1.54, 1.807) is 17.9 Å². The van der Waals surface area contributed by atoms with Crippen LogP contribution >= 0.6 is 0 Å². The van der Waals surface area contributed by atoms with Crippen LogP contribution in [0.15, 0.2) is 36.5 Å². The molecule has 1 N–H and O–H groups in total. The smallest absolute Gasteiger partial charge is 0.291 e. The third kappa shape index (κ3) is 4.31. The molecule has 8 nitrogen and oxygen atoms in total. The Morgan fingerprint density at radius 1 is 1.21 bits per heavy atom. The van der Waals surface area contributed by atoms with E-state index in [2.05, 4.69) is 20.4 Å². The molecule has 0 aliphatic heterocycles. The number of anilines is 1. The van der Waals surface area contributed by atoms with E-state index in [9.17, 15) is 4.79 Å². The number of hydrogen-bond donors (Lipinski definition) is 1. The van der Waals surface area contributed by atoms with Gasteiger partial charge < -0.3 is 15.0 Å². The summed E-state index contributed by atoms with van der Waals surface area (Å²) in [6.45, 7) is 0. The van der Waals surface area contributed by atoms with Gasteiger partial charge >= 0.3 is 0 Å². The van der Waals surface area contributed by atoms with Crippen molar-refractivity contribution >= 4 is 22.8 Å². The van der Waals surface area contributed by atoms with Crippen LogP contribution in [0.25, 0.3) is 10.9 Å². The number of pyridine rings is 1. The van der Waals surface area contributed by atoms with E-state index < -0.39 is 0 Å². The van der Waals surface area contributed by atoms with Crippen LogP contribution in [0.5, 0.6) is 5.75 Å². The SMILES string of the molecule is CN(C)c1nc(C(=O)NC2CCC(Oc3ccc4ncccc4c3)CC2)nn1C. The van der Waals surface area contributed by atoms with Crippen molar-refractivity contribution in [1.29, 1.82) is 0 Å². The quantitative estimate of drug-likeness (QED) is 0.716. The lowest BCUT2D eigenvalue weighted by Crippen LogP contribution is -2.40. The first-order chi connectivity index (χ1) is 14.0. The summed E-state index contributed by atoms with van der Waals surface area (Å²) in [7, 11) is 5.53. The fourth-order valence-electron chi connectivity index (χ4n) is 3.76. The summed E-state index contributed by atoms with van der Waals surface area (Å²) in [6.07, 6.45) is 5.49. The van der Waals surface area contributed by atoms with Gasteiger partial charge in [-0.05, 0) is 49.9 Å². The second-order valence-corrected chi connectivity index (χ2v) is 7.68. The van der Waals surface area contributed by atoms with E-state index in [4.69, 9.17) is 4.74 Å². The van der Waals surface area contributed by atoms with Crippen LogP contribution in [-0.4, -0.2) is 51.9 Å². The summed E-state index contributed by atoms with van der Waals surface area (Å²) in [5, 5.41) is 8.35. The molecule has 2 aromatic heterocycles. The normalized spacial score (nSPS) is 19.1. The number of carbonyl (C=O) groups is 1. The molecule has 1 aliphatic rings. The molecule has 1 fully saturated rings. The van der Waals surface area contributed by atoms with Gasteiger partial charge in [0.25, 0.3) is 5.91 Å². The number of hydrogen-bond acceptors (Lipinski definition) is 6. The molecule has 0 saturated heterocycles. The highest BCUT2D eigenvalue weighted by atomic mass is 16.5. The molecule has 0 spiro atoms. The molecule has 0 unspecified atom stereocenters. The van der Waals surface area contributed by atoms with Crippen LogP contribution < -0.4 is 15.0 Å². The van der Waals surface area contributed by atoms with E-state index in [-0.39, 0.29) is 23.9 Å². The first kappa shape index (κ1) is 19.2. The van der Waals surface area contributed by atoms with E-state index >= 15 is 0 Å². The van der Waals surface area contributed by atoms with Crippen molar-refractivity contribution < 1.29 is 9.53 Å². The topological polar surface area (TPSA) is 85.2 Å². The van der Waals surface area contributed by atoms with Gasteiger partial charge in [-0.15, -0.1) is 5.10 Å². The Morgan fingerprint density at radius 3 is 2.72 bits per heavy atom. The molecule has 8 heteroatoms. The molecule has 1 amide bonds. The number of aryl methyl sites for hydroxylation is 1. The zero-order chi connectivity index (χ0) is 20.4. The molecule has 29 heavy (non-hydrogen) atoms. The third-order valence-electron chi connectivity index (χ3n) is 5.23. The number of carbonyl (C=O) groups excluding carboxylic acids is 1. The number of fused-ring (bicyclic) bond motifs is 1. The summed E-state index contributed by atoms with van der Waals surface area (Å²) in [6, 6.07) is 10.1. The fourth-order valence-corrected chi connectivity index (χ4v) is 3.76. The number of nitrogens with one attached hydrogen (secondary N) is 1. The van der Waals surface area contributed by atoms with Crippen molar-refractivity contribution in [3.05, 3.63) is 42.4 Å². The molecule has 0 radical (unpaired) electrons. The number of ether oxygens (including phenoxy) is 1. The molecule has 0 bridgehead atoms. The summed E-state index contributed by atoms with van der Waals surface area (Å²) in [5.74, 6) is 1.50. The minimum absolute atomic E-state index is 0.120. The zero-order valence-electron chi connectivity index (χ0n) is 17.0. The summed E-state index contributed by atoms with van der Waals surface area (Å²) >= 11 is 0. The van der Waals surface area contributed by atoms with Gasteiger partial charge in [-0.25, -0.2) is 4.68 Å². The van der Waals surface area contributed by atoms with E-state index in [0.29, 0.717) is 5.95 Å². The Balaban J connectivity index is 1.31. The maximum atomic E-state index is 12.5. The third-order valence-corrected chi connectivity index (χ3v) is 5.23. The zero-order valence-corrected chi connectivity index (χ0v) is 17.0. The number of nitrogens with zero attached hydrogens (tertiary/aromatic N) is 5. The summed E-state index contributed by atoms with van der Waals surface area (Å²) in [4.78, 5) is 23.0. The Morgan fingerprint density at radius 2 is 2.00 bits per heavy atom. The maximum absolute atomic E-state index is 12.5. The average Bonchev–Trinajstić information content (AvgIpc) is 3.11. The monoisotopic (exact) mass is 394 g/mol. The number of amides is 1. The Labute approximate surface area is 169 Å². The van der Waals surface area contributed by atoms with Crippen molar-refractivity contribution in [2.45, 2.75) is 37.8 Å². The second kappa shape index (κ2) is 8.06. The molecular formula is C21H26N6O2. The number of rotatable bonds is 5. The van der Waals surface area contributed by atoms with Gasteiger partial charge in [0, 0.05) is 38.8 Å². The van der Waals surface area contributed by atoms with Gasteiger partial charge in [-0.2, -0.15) is 4.98 Å². The molecule has 0 atom stereocenters. The molecule has 1 aliphatic carbocycles. The molecular weight excluding hydrogens is 368 g/mol. The van der Waals surface area contributed by atoms with Crippen LogP contribution in [-0.2, 0) is 7.05 Å². The van der Waals surface area contributed by atoms with Gasteiger partial charge in [-0.3, -0.25) is 9.78 Å². The summed E-state index contributed by atoms with van der Waals surface area (Å²) < 4.78 is 7.78. The molecule has 1 saturated carbocycles. The van der Waals surface area contributed by atoms with Crippen LogP contribution in [0.1, 0.15) is 36.3 Å². The van der Waals surface area contributed by atoms with Crippen molar-refractivity contribution in [2.75, 3.05) is 19.0 Å². The van der Waals surface area contributed by atoms with Gasteiger partial charge in [0.1, 0.15) is 5.75 Å². The Bertz CT molecular complexity index is 1010. The molecule has 3 aromatic rings. The van der Waals surface area contributed by atoms with Gasteiger partial charge in [0.15, 0.2) is 0 Å². The van der Waals surface area contributed by atoms with Crippen LogP contribution in [0, 0.1) is 0 Å². The van der Waals surface area contributed by atoms with Crippen LogP contribution in [0.2, 0.25) is 0 Å². The lowest BCUT2D eigenvalue weighted by atomic mass is 9.93. The van der Waals surface area contributed by atoms with Crippen molar-refractivity contribution in [3.8, 4) is 5.75 Å². The first-order valence-corrected chi connectivity index (χ1v) is 9.90. The highest BCUT2D eigenvalue weighted by Crippen LogP contribution is 2.26. The highest BCUT2D eigenvalue weighted by molar-refractivity contribution is 5.90. The minimum Gasteiger partial charge on any atom is -0.490 e.